The lowest BCUT2D eigenvalue weighted by Crippen LogP contribution is -2.16. The third kappa shape index (κ3) is 3.81. The van der Waals surface area contributed by atoms with Crippen molar-refractivity contribution >= 4 is 0 Å². The maximum atomic E-state index is 5.90. The molecular weight excluding hydrogens is 178 g/mol. The smallest absolute Gasteiger partial charge is 0.0754 e. The van der Waals surface area contributed by atoms with Gasteiger partial charge in [0.05, 0.1) is 17.8 Å². The summed E-state index contributed by atoms with van der Waals surface area (Å²) in [6, 6.07) is -0.0811. The van der Waals surface area contributed by atoms with Crippen LogP contribution in [0.2, 0.25) is 0 Å². The minimum Gasteiger partial charge on any atom is -0.379 e. The topological polar surface area (TPSA) is 61.0 Å². The quantitative estimate of drug-likeness (QED) is 0.769. The molecule has 0 bridgehead atoms. The Bertz CT molecular complexity index is 251. The first-order valence-electron chi connectivity index (χ1n) is 4.83. The molecule has 4 heteroatoms. The Morgan fingerprint density at radius 2 is 2.21 bits per heavy atom. The van der Waals surface area contributed by atoms with Gasteiger partial charge in [-0.2, -0.15) is 0 Å². The monoisotopic (exact) mass is 195 g/mol. The number of rotatable bonds is 5. The normalized spacial score (nSPS) is 13.1. The molecule has 1 aromatic heterocycles. The third-order valence-corrected chi connectivity index (χ3v) is 1.84. The van der Waals surface area contributed by atoms with E-state index in [2.05, 4.69) is 9.97 Å². The van der Waals surface area contributed by atoms with Crippen LogP contribution in [-0.4, -0.2) is 22.7 Å². The predicted molar refractivity (Wildman–Crippen MR) is 54.7 cm³/mol. The Labute approximate surface area is 84.5 Å². The van der Waals surface area contributed by atoms with Gasteiger partial charge in [0.25, 0.3) is 0 Å². The van der Waals surface area contributed by atoms with E-state index in [1.54, 1.807) is 18.6 Å². The highest BCUT2D eigenvalue weighted by molar-refractivity contribution is 5.00. The lowest BCUT2D eigenvalue weighted by molar-refractivity contribution is 0.0734. The number of ether oxygens (including phenoxy) is 1. The van der Waals surface area contributed by atoms with Gasteiger partial charge in [0, 0.05) is 25.2 Å². The molecule has 1 aromatic rings. The molecule has 0 saturated heterocycles. The van der Waals surface area contributed by atoms with Crippen molar-refractivity contribution in [2.24, 2.45) is 5.73 Å². The van der Waals surface area contributed by atoms with Gasteiger partial charge in [-0.25, -0.2) is 0 Å². The van der Waals surface area contributed by atoms with Gasteiger partial charge in [0.2, 0.25) is 0 Å². The first-order valence-corrected chi connectivity index (χ1v) is 4.83. The van der Waals surface area contributed by atoms with E-state index in [0.29, 0.717) is 6.61 Å². The number of nitrogens with two attached hydrogens (primary N) is 1. The molecule has 4 nitrogen and oxygen atoms in total. The van der Waals surface area contributed by atoms with E-state index in [4.69, 9.17) is 10.5 Å². The molecule has 1 unspecified atom stereocenters. The largest absolute Gasteiger partial charge is 0.379 e. The molecule has 0 radical (unpaired) electrons. The van der Waals surface area contributed by atoms with Crippen LogP contribution in [-0.2, 0) is 4.74 Å². The van der Waals surface area contributed by atoms with Crippen molar-refractivity contribution in [1.29, 1.82) is 0 Å². The van der Waals surface area contributed by atoms with Gasteiger partial charge in [-0.3, -0.25) is 9.97 Å². The summed E-state index contributed by atoms with van der Waals surface area (Å²) in [6.45, 7) is 4.68. The van der Waals surface area contributed by atoms with Crippen LogP contribution < -0.4 is 5.73 Å². The van der Waals surface area contributed by atoms with E-state index < -0.39 is 0 Å². The maximum Gasteiger partial charge on any atom is 0.0754 e. The van der Waals surface area contributed by atoms with Crippen molar-refractivity contribution in [2.75, 3.05) is 6.61 Å². The molecule has 0 aliphatic carbocycles. The molecule has 0 saturated carbocycles. The van der Waals surface area contributed by atoms with E-state index in [-0.39, 0.29) is 12.1 Å². The summed E-state index contributed by atoms with van der Waals surface area (Å²) >= 11 is 0. The Morgan fingerprint density at radius 3 is 2.79 bits per heavy atom. The molecule has 0 spiro atoms. The number of hydrogen-bond acceptors (Lipinski definition) is 4. The summed E-state index contributed by atoms with van der Waals surface area (Å²) in [4.78, 5) is 8.10. The van der Waals surface area contributed by atoms with E-state index in [1.807, 2.05) is 13.8 Å². The highest BCUT2D eigenvalue weighted by Gasteiger charge is 2.07. The molecule has 2 N–H and O–H groups in total. The van der Waals surface area contributed by atoms with Gasteiger partial charge in [-0.1, -0.05) is 0 Å². The van der Waals surface area contributed by atoms with Crippen LogP contribution in [0.4, 0.5) is 0 Å². The minimum atomic E-state index is -0.0811. The molecular formula is C10H17N3O. The Balaban J connectivity index is 2.32. The average Bonchev–Trinajstić information content (AvgIpc) is 2.18. The van der Waals surface area contributed by atoms with Crippen LogP contribution in [0, 0.1) is 0 Å². The van der Waals surface area contributed by atoms with Crippen LogP contribution in [0.3, 0.4) is 0 Å². The lowest BCUT2D eigenvalue weighted by atomic mass is 10.2. The average molecular weight is 195 g/mol. The van der Waals surface area contributed by atoms with Crippen molar-refractivity contribution in [2.45, 2.75) is 32.4 Å². The van der Waals surface area contributed by atoms with Gasteiger partial charge < -0.3 is 10.5 Å². The lowest BCUT2D eigenvalue weighted by Gasteiger charge is -2.12. The summed E-state index contributed by atoms with van der Waals surface area (Å²) in [7, 11) is 0. The molecule has 1 heterocycles. The molecule has 14 heavy (non-hydrogen) atoms. The second-order valence-electron chi connectivity index (χ2n) is 3.44. The zero-order chi connectivity index (χ0) is 10.4. The first-order chi connectivity index (χ1) is 6.70. The molecule has 0 aromatic carbocycles. The zero-order valence-electron chi connectivity index (χ0n) is 8.68. The molecule has 78 valence electrons. The zero-order valence-corrected chi connectivity index (χ0v) is 8.68. The van der Waals surface area contributed by atoms with Crippen LogP contribution in [0.25, 0.3) is 0 Å². The Morgan fingerprint density at radius 1 is 1.43 bits per heavy atom. The summed E-state index contributed by atoms with van der Waals surface area (Å²) in [5.41, 5.74) is 6.72. The molecule has 0 aliphatic rings. The number of nitrogens with zero attached hydrogens (tertiary/aromatic N) is 2. The molecule has 0 fully saturated rings. The van der Waals surface area contributed by atoms with Crippen molar-refractivity contribution in [3.63, 3.8) is 0 Å². The summed E-state index contributed by atoms with van der Waals surface area (Å²) in [5, 5.41) is 0. The van der Waals surface area contributed by atoms with Gasteiger partial charge in [0.1, 0.15) is 0 Å². The molecule has 1 rings (SSSR count). The van der Waals surface area contributed by atoms with Crippen LogP contribution >= 0.6 is 0 Å². The fourth-order valence-corrected chi connectivity index (χ4v) is 1.08. The SMILES string of the molecule is CC(C)OCCC(N)c1cnccn1. The minimum absolute atomic E-state index is 0.0811. The third-order valence-electron chi connectivity index (χ3n) is 1.84. The molecule has 0 aliphatic heterocycles. The second-order valence-corrected chi connectivity index (χ2v) is 3.44. The Hall–Kier alpha value is -1.00. The van der Waals surface area contributed by atoms with Crippen LogP contribution in [0.1, 0.15) is 32.0 Å². The number of hydrogen-bond donors (Lipinski definition) is 1. The molecule has 0 amide bonds. The van der Waals surface area contributed by atoms with Crippen molar-refractivity contribution < 1.29 is 4.74 Å². The summed E-state index contributed by atoms with van der Waals surface area (Å²) in [5.74, 6) is 0. The van der Waals surface area contributed by atoms with Crippen molar-refractivity contribution in [3.05, 3.63) is 24.3 Å². The number of aromatic nitrogens is 2. The van der Waals surface area contributed by atoms with Crippen molar-refractivity contribution in [3.8, 4) is 0 Å². The van der Waals surface area contributed by atoms with E-state index >= 15 is 0 Å². The summed E-state index contributed by atoms with van der Waals surface area (Å²) in [6.07, 6.45) is 6.01. The maximum absolute atomic E-state index is 5.90. The molecule has 1 atom stereocenters. The van der Waals surface area contributed by atoms with Gasteiger partial charge in [0.15, 0.2) is 0 Å². The van der Waals surface area contributed by atoms with E-state index in [9.17, 15) is 0 Å². The fourth-order valence-electron chi connectivity index (χ4n) is 1.08. The van der Waals surface area contributed by atoms with E-state index in [1.165, 1.54) is 0 Å². The highest BCUT2D eigenvalue weighted by Crippen LogP contribution is 2.09. The first kappa shape index (κ1) is 11.1. The Kier molecular flexibility index (Phi) is 4.49. The van der Waals surface area contributed by atoms with Gasteiger partial charge in [-0.05, 0) is 20.3 Å². The van der Waals surface area contributed by atoms with Gasteiger partial charge in [-0.15, -0.1) is 0 Å². The summed E-state index contributed by atoms with van der Waals surface area (Å²) < 4.78 is 5.41. The highest BCUT2D eigenvalue weighted by atomic mass is 16.5. The van der Waals surface area contributed by atoms with Crippen molar-refractivity contribution in [1.82, 2.24) is 9.97 Å². The predicted octanol–water partition coefficient (Wildman–Crippen LogP) is 1.29. The standard InChI is InChI=1S/C10H17N3O/c1-8(2)14-6-3-9(11)10-7-12-4-5-13-10/h4-5,7-9H,3,6,11H2,1-2H3. The van der Waals surface area contributed by atoms with Gasteiger partial charge >= 0.3 is 0 Å². The van der Waals surface area contributed by atoms with Crippen LogP contribution in [0.15, 0.2) is 18.6 Å². The fraction of sp³-hybridized carbons (Fsp3) is 0.600. The van der Waals surface area contributed by atoms with Crippen LogP contribution in [0.5, 0.6) is 0 Å². The second kappa shape index (κ2) is 5.67. The van der Waals surface area contributed by atoms with E-state index in [0.717, 1.165) is 12.1 Å².